The molecule has 1 heterocycles. The minimum absolute atomic E-state index is 0.105. The molecule has 0 aliphatic carbocycles. The molecular formula is C10H14ClN3O3. The van der Waals surface area contributed by atoms with Crippen LogP contribution < -0.4 is 5.32 Å². The number of hydrogen-bond acceptors (Lipinski definition) is 5. The van der Waals surface area contributed by atoms with Crippen LogP contribution in [0.3, 0.4) is 0 Å². The Morgan fingerprint density at radius 3 is 2.82 bits per heavy atom. The molecule has 0 aliphatic rings. The van der Waals surface area contributed by atoms with Gasteiger partial charge in [-0.2, -0.15) is 0 Å². The highest BCUT2D eigenvalue weighted by atomic mass is 35.5. The summed E-state index contributed by atoms with van der Waals surface area (Å²) < 4.78 is 0. The molecule has 0 amide bonds. The predicted octanol–water partition coefficient (Wildman–Crippen LogP) is 2.13. The van der Waals surface area contributed by atoms with Crippen molar-refractivity contribution in [2.75, 3.05) is 11.9 Å². The summed E-state index contributed by atoms with van der Waals surface area (Å²) in [5.41, 5.74) is 0.605. The first kappa shape index (κ1) is 13.7. The average Bonchev–Trinajstić information content (AvgIpc) is 2.24. The van der Waals surface area contributed by atoms with Crippen LogP contribution >= 0.6 is 11.6 Å². The summed E-state index contributed by atoms with van der Waals surface area (Å²) in [4.78, 5) is 14.1. The van der Waals surface area contributed by atoms with Gasteiger partial charge < -0.3 is 10.4 Å². The maximum Gasteiger partial charge on any atom is 0.329 e. The van der Waals surface area contributed by atoms with Crippen LogP contribution in [0.25, 0.3) is 0 Å². The van der Waals surface area contributed by atoms with Gasteiger partial charge in [0, 0.05) is 11.7 Å². The van der Waals surface area contributed by atoms with E-state index < -0.39 is 4.92 Å². The second kappa shape index (κ2) is 5.79. The zero-order valence-corrected chi connectivity index (χ0v) is 10.4. The van der Waals surface area contributed by atoms with Crippen molar-refractivity contribution >= 4 is 23.0 Å². The third-order valence-electron chi connectivity index (χ3n) is 2.33. The van der Waals surface area contributed by atoms with Crippen LogP contribution in [0.4, 0.5) is 11.4 Å². The van der Waals surface area contributed by atoms with Crippen molar-refractivity contribution in [2.45, 2.75) is 26.3 Å². The van der Waals surface area contributed by atoms with E-state index in [0.29, 0.717) is 12.1 Å². The second-order valence-corrected chi connectivity index (χ2v) is 4.00. The Morgan fingerprint density at radius 2 is 2.35 bits per heavy atom. The normalized spacial score (nSPS) is 12.2. The van der Waals surface area contributed by atoms with Gasteiger partial charge in [-0.3, -0.25) is 10.1 Å². The SMILES string of the molecule is CCC(CO)Nc1cc(C)nc(Cl)c1[N+](=O)[O-]. The van der Waals surface area contributed by atoms with E-state index in [1.165, 1.54) is 0 Å². The van der Waals surface area contributed by atoms with Gasteiger partial charge in [-0.05, 0) is 19.4 Å². The standard InChI is InChI=1S/C10H14ClN3O3/c1-3-7(5-15)13-8-4-6(2)12-10(11)9(8)14(16)17/h4,7,15H,3,5H2,1-2H3,(H,12,13). The Labute approximate surface area is 104 Å². The molecular weight excluding hydrogens is 246 g/mol. The fourth-order valence-electron chi connectivity index (χ4n) is 1.41. The molecule has 2 N–H and O–H groups in total. The molecule has 6 nitrogen and oxygen atoms in total. The maximum absolute atomic E-state index is 10.9. The number of aromatic nitrogens is 1. The summed E-state index contributed by atoms with van der Waals surface area (Å²) in [6.07, 6.45) is 0.645. The van der Waals surface area contributed by atoms with Gasteiger partial charge in [0.1, 0.15) is 5.69 Å². The molecule has 94 valence electrons. The van der Waals surface area contributed by atoms with Crippen molar-refractivity contribution in [3.63, 3.8) is 0 Å². The molecule has 7 heteroatoms. The molecule has 1 rings (SSSR count). The summed E-state index contributed by atoms with van der Waals surface area (Å²) in [5, 5.41) is 22.7. The molecule has 0 fully saturated rings. The zero-order valence-electron chi connectivity index (χ0n) is 9.61. The van der Waals surface area contributed by atoms with E-state index in [0.717, 1.165) is 0 Å². The van der Waals surface area contributed by atoms with Gasteiger partial charge in [-0.25, -0.2) is 4.98 Å². The third-order valence-corrected chi connectivity index (χ3v) is 2.60. The Bertz CT molecular complexity index is 422. The van der Waals surface area contributed by atoms with Crippen LogP contribution in [0.1, 0.15) is 19.0 Å². The number of pyridine rings is 1. The molecule has 1 unspecified atom stereocenters. The van der Waals surface area contributed by atoms with Gasteiger partial charge in [-0.1, -0.05) is 18.5 Å². The first-order chi connectivity index (χ1) is 7.99. The summed E-state index contributed by atoms with van der Waals surface area (Å²) in [5.74, 6) is 0. The van der Waals surface area contributed by atoms with E-state index >= 15 is 0 Å². The van der Waals surface area contributed by atoms with Crippen LogP contribution in [-0.2, 0) is 0 Å². The number of aliphatic hydroxyl groups is 1. The smallest absolute Gasteiger partial charge is 0.329 e. The number of rotatable bonds is 5. The molecule has 0 saturated carbocycles. The van der Waals surface area contributed by atoms with Crippen LogP contribution in [0, 0.1) is 17.0 Å². The topological polar surface area (TPSA) is 88.3 Å². The zero-order chi connectivity index (χ0) is 13.0. The van der Waals surface area contributed by atoms with E-state index in [9.17, 15) is 10.1 Å². The number of hydrogen-bond donors (Lipinski definition) is 2. The minimum atomic E-state index is -0.582. The fraction of sp³-hybridized carbons (Fsp3) is 0.500. The van der Waals surface area contributed by atoms with Crippen LogP contribution in [0.15, 0.2) is 6.07 Å². The minimum Gasteiger partial charge on any atom is -0.394 e. The largest absolute Gasteiger partial charge is 0.394 e. The number of aliphatic hydroxyl groups excluding tert-OH is 1. The average molecular weight is 260 g/mol. The first-order valence-corrected chi connectivity index (χ1v) is 5.56. The van der Waals surface area contributed by atoms with Gasteiger partial charge in [0.2, 0.25) is 5.15 Å². The fourth-order valence-corrected chi connectivity index (χ4v) is 1.71. The Morgan fingerprint density at radius 1 is 1.71 bits per heavy atom. The lowest BCUT2D eigenvalue weighted by molar-refractivity contribution is -0.384. The lowest BCUT2D eigenvalue weighted by atomic mass is 10.2. The van der Waals surface area contributed by atoms with Crippen molar-refractivity contribution in [3.05, 3.63) is 27.0 Å². The van der Waals surface area contributed by atoms with E-state index in [2.05, 4.69) is 10.3 Å². The van der Waals surface area contributed by atoms with E-state index in [4.69, 9.17) is 16.7 Å². The summed E-state index contributed by atoms with van der Waals surface area (Å²) >= 11 is 5.74. The van der Waals surface area contributed by atoms with Crippen molar-refractivity contribution < 1.29 is 10.0 Å². The van der Waals surface area contributed by atoms with Crippen LogP contribution in [0.5, 0.6) is 0 Å². The van der Waals surface area contributed by atoms with Gasteiger partial charge in [0.05, 0.1) is 11.5 Å². The third kappa shape index (κ3) is 3.28. The van der Waals surface area contributed by atoms with Crippen LogP contribution in [0.2, 0.25) is 5.15 Å². The number of halogens is 1. The van der Waals surface area contributed by atoms with Crippen molar-refractivity contribution in [2.24, 2.45) is 0 Å². The molecule has 1 aromatic rings. The van der Waals surface area contributed by atoms with Crippen molar-refractivity contribution in [3.8, 4) is 0 Å². The first-order valence-electron chi connectivity index (χ1n) is 5.18. The summed E-state index contributed by atoms with van der Waals surface area (Å²) in [7, 11) is 0. The Balaban J connectivity index is 3.16. The number of nitrogens with one attached hydrogen (secondary N) is 1. The van der Waals surface area contributed by atoms with Crippen molar-refractivity contribution in [1.82, 2.24) is 4.98 Å². The van der Waals surface area contributed by atoms with Crippen molar-refractivity contribution in [1.29, 1.82) is 0 Å². The number of nitro groups is 1. The molecule has 0 spiro atoms. The number of nitrogens with zero attached hydrogens (tertiary/aromatic N) is 2. The lowest BCUT2D eigenvalue weighted by Crippen LogP contribution is -2.23. The van der Waals surface area contributed by atoms with E-state index in [1.54, 1.807) is 13.0 Å². The Hall–Kier alpha value is -1.40. The highest BCUT2D eigenvalue weighted by Gasteiger charge is 2.22. The highest BCUT2D eigenvalue weighted by molar-refractivity contribution is 6.32. The predicted molar refractivity (Wildman–Crippen MR) is 65.4 cm³/mol. The number of anilines is 1. The molecule has 1 atom stereocenters. The summed E-state index contributed by atoms with van der Waals surface area (Å²) in [6, 6.07) is 1.30. The molecule has 0 saturated heterocycles. The molecule has 0 aromatic carbocycles. The quantitative estimate of drug-likeness (QED) is 0.480. The second-order valence-electron chi connectivity index (χ2n) is 3.64. The van der Waals surface area contributed by atoms with Gasteiger partial charge in [-0.15, -0.1) is 0 Å². The van der Waals surface area contributed by atoms with E-state index in [1.807, 2.05) is 6.92 Å². The maximum atomic E-state index is 10.9. The monoisotopic (exact) mass is 259 g/mol. The Kier molecular flexibility index (Phi) is 4.65. The molecule has 0 radical (unpaired) electrons. The molecule has 17 heavy (non-hydrogen) atoms. The van der Waals surface area contributed by atoms with E-state index in [-0.39, 0.29) is 29.2 Å². The van der Waals surface area contributed by atoms with Gasteiger partial charge in [0.25, 0.3) is 0 Å². The highest BCUT2D eigenvalue weighted by Crippen LogP contribution is 2.32. The molecule has 0 aliphatic heterocycles. The summed E-state index contributed by atoms with van der Waals surface area (Å²) in [6.45, 7) is 3.46. The lowest BCUT2D eigenvalue weighted by Gasteiger charge is -2.16. The van der Waals surface area contributed by atoms with Gasteiger partial charge >= 0.3 is 5.69 Å². The van der Waals surface area contributed by atoms with Gasteiger partial charge in [0.15, 0.2) is 0 Å². The molecule has 0 bridgehead atoms. The molecule has 1 aromatic heterocycles. The number of aryl methyl sites for hydroxylation is 1. The van der Waals surface area contributed by atoms with Crippen LogP contribution in [-0.4, -0.2) is 27.7 Å².